The number of carboxylic acid groups (broad SMARTS) is 1. The van der Waals surface area contributed by atoms with Gasteiger partial charge in [0.05, 0.1) is 5.60 Å². The lowest BCUT2D eigenvalue weighted by Crippen LogP contribution is -2.36. The first kappa shape index (κ1) is 13.4. The molecule has 1 N–H and O–H groups in total. The van der Waals surface area contributed by atoms with Crippen LogP contribution >= 0.6 is 11.3 Å². The smallest absolute Gasteiger partial charge is 0.349 e. The van der Waals surface area contributed by atoms with Crippen molar-refractivity contribution in [2.24, 2.45) is 0 Å². The van der Waals surface area contributed by atoms with Crippen molar-refractivity contribution in [3.05, 3.63) is 16.3 Å². The third kappa shape index (κ3) is 2.52. The van der Waals surface area contributed by atoms with Gasteiger partial charge in [-0.15, -0.1) is 11.3 Å². The van der Waals surface area contributed by atoms with E-state index in [1.54, 1.807) is 11.4 Å². The van der Waals surface area contributed by atoms with Gasteiger partial charge in [0, 0.05) is 6.42 Å². The van der Waals surface area contributed by atoms with Crippen LogP contribution in [0.1, 0.15) is 43.8 Å². The number of aromatic carboxylic acids is 1. The second-order valence-corrected chi connectivity index (χ2v) is 6.61. The quantitative estimate of drug-likeness (QED) is 0.916. The zero-order valence-electron chi connectivity index (χ0n) is 11.0. The summed E-state index contributed by atoms with van der Waals surface area (Å²) < 4.78 is 11.8. The molecule has 18 heavy (non-hydrogen) atoms. The minimum atomic E-state index is -0.948. The van der Waals surface area contributed by atoms with Crippen molar-refractivity contribution in [3.63, 3.8) is 0 Å². The Hall–Kier alpha value is -1.07. The van der Waals surface area contributed by atoms with Crippen LogP contribution in [0.25, 0.3) is 0 Å². The molecule has 0 amide bonds. The molecule has 0 spiro atoms. The molecular weight excluding hydrogens is 252 g/mol. The number of hydrogen-bond donors (Lipinski definition) is 1. The minimum absolute atomic E-state index is 0.139. The van der Waals surface area contributed by atoms with E-state index in [2.05, 4.69) is 0 Å². The van der Waals surface area contributed by atoms with E-state index in [-0.39, 0.29) is 16.6 Å². The molecule has 1 aromatic heterocycles. The summed E-state index contributed by atoms with van der Waals surface area (Å²) in [4.78, 5) is 11.3. The van der Waals surface area contributed by atoms with Gasteiger partial charge < -0.3 is 14.6 Å². The van der Waals surface area contributed by atoms with E-state index in [4.69, 9.17) is 14.6 Å². The summed E-state index contributed by atoms with van der Waals surface area (Å²) in [6, 6.07) is 1.70. The van der Waals surface area contributed by atoms with Gasteiger partial charge >= 0.3 is 5.97 Å². The molecule has 0 saturated carbocycles. The average molecular weight is 270 g/mol. The largest absolute Gasteiger partial charge is 0.486 e. The number of ether oxygens (including phenoxy) is 2. The SMILES string of the molecule is CC1(C)CC(Oc2ccsc2C(=O)O)C(C)(C)O1. The Kier molecular flexibility index (Phi) is 3.15. The van der Waals surface area contributed by atoms with Crippen LogP contribution in [0.5, 0.6) is 5.75 Å². The molecule has 0 aliphatic carbocycles. The van der Waals surface area contributed by atoms with Gasteiger partial charge in [-0.25, -0.2) is 4.79 Å². The molecule has 1 saturated heterocycles. The zero-order valence-corrected chi connectivity index (χ0v) is 11.8. The topological polar surface area (TPSA) is 55.8 Å². The van der Waals surface area contributed by atoms with Crippen molar-refractivity contribution in [2.75, 3.05) is 0 Å². The van der Waals surface area contributed by atoms with Crippen LogP contribution in [-0.2, 0) is 4.74 Å². The molecule has 1 aliphatic heterocycles. The molecule has 1 aromatic rings. The molecule has 100 valence electrons. The normalized spacial score (nSPS) is 25.0. The summed E-state index contributed by atoms with van der Waals surface area (Å²) in [5.74, 6) is -0.511. The highest BCUT2D eigenvalue weighted by Crippen LogP contribution is 2.40. The summed E-state index contributed by atoms with van der Waals surface area (Å²) >= 11 is 1.18. The first-order chi connectivity index (χ1) is 8.21. The predicted molar refractivity (Wildman–Crippen MR) is 69.6 cm³/mol. The van der Waals surface area contributed by atoms with Gasteiger partial charge in [-0.1, -0.05) is 0 Å². The van der Waals surface area contributed by atoms with E-state index in [0.29, 0.717) is 5.75 Å². The van der Waals surface area contributed by atoms with Gasteiger partial charge in [0.1, 0.15) is 17.5 Å². The van der Waals surface area contributed by atoms with Gasteiger partial charge in [-0.3, -0.25) is 0 Å². The van der Waals surface area contributed by atoms with Crippen LogP contribution in [0.15, 0.2) is 11.4 Å². The zero-order chi connectivity index (χ0) is 13.6. The Balaban J connectivity index is 2.19. The molecule has 1 atom stereocenters. The van der Waals surface area contributed by atoms with E-state index in [0.717, 1.165) is 6.42 Å². The predicted octanol–water partition coefficient (Wildman–Crippen LogP) is 3.17. The van der Waals surface area contributed by atoms with Crippen molar-refractivity contribution in [1.29, 1.82) is 0 Å². The van der Waals surface area contributed by atoms with Gasteiger partial charge in [-0.05, 0) is 39.1 Å². The number of hydrogen-bond acceptors (Lipinski definition) is 4. The van der Waals surface area contributed by atoms with Crippen molar-refractivity contribution in [3.8, 4) is 5.75 Å². The molecule has 0 radical (unpaired) electrons. The molecule has 1 aliphatic rings. The standard InChI is InChI=1S/C13H18O4S/c1-12(2)7-9(13(3,4)17-12)16-8-5-6-18-10(8)11(14)15/h5-6,9H,7H2,1-4H3,(H,14,15). The summed E-state index contributed by atoms with van der Waals surface area (Å²) in [5, 5.41) is 10.8. The average Bonchev–Trinajstić information content (AvgIpc) is 2.69. The lowest BCUT2D eigenvalue weighted by atomic mass is 9.97. The third-order valence-corrected chi connectivity index (χ3v) is 3.97. The summed E-state index contributed by atoms with van der Waals surface area (Å²) in [5.41, 5.74) is -0.658. The lowest BCUT2D eigenvalue weighted by Gasteiger charge is -2.27. The number of thiophene rings is 1. The summed E-state index contributed by atoms with van der Waals surface area (Å²) in [6.45, 7) is 7.98. The van der Waals surface area contributed by atoms with Crippen molar-refractivity contribution >= 4 is 17.3 Å². The summed E-state index contributed by atoms with van der Waals surface area (Å²) in [6.07, 6.45) is 0.606. The Morgan fingerprint density at radius 1 is 1.50 bits per heavy atom. The molecule has 0 bridgehead atoms. The van der Waals surface area contributed by atoms with Gasteiger partial charge in [0.25, 0.3) is 0 Å². The molecule has 1 unspecified atom stereocenters. The second-order valence-electron chi connectivity index (χ2n) is 5.69. The lowest BCUT2D eigenvalue weighted by molar-refractivity contribution is -0.0846. The van der Waals surface area contributed by atoms with Crippen LogP contribution in [0.3, 0.4) is 0 Å². The molecular formula is C13H18O4S. The highest BCUT2D eigenvalue weighted by atomic mass is 32.1. The van der Waals surface area contributed by atoms with E-state index in [9.17, 15) is 4.79 Å². The Labute approximate surface area is 111 Å². The fourth-order valence-corrected chi connectivity index (χ4v) is 3.06. The van der Waals surface area contributed by atoms with Gasteiger partial charge in [0.15, 0.2) is 4.88 Å². The van der Waals surface area contributed by atoms with Crippen LogP contribution in [0.4, 0.5) is 0 Å². The Morgan fingerprint density at radius 3 is 2.67 bits per heavy atom. The van der Waals surface area contributed by atoms with Crippen LogP contribution in [-0.4, -0.2) is 28.4 Å². The molecule has 2 heterocycles. The van der Waals surface area contributed by atoms with Crippen LogP contribution in [0, 0.1) is 0 Å². The second kappa shape index (κ2) is 4.24. The van der Waals surface area contributed by atoms with E-state index < -0.39 is 11.6 Å². The molecule has 1 fully saturated rings. The van der Waals surface area contributed by atoms with Crippen LogP contribution < -0.4 is 4.74 Å². The molecule has 5 heteroatoms. The van der Waals surface area contributed by atoms with E-state index >= 15 is 0 Å². The maximum atomic E-state index is 11.0. The Morgan fingerprint density at radius 2 is 2.17 bits per heavy atom. The fourth-order valence-electron chi connectivity index (χ4n) is 2.39. The summed E-state index contributed by atoms with van der Waals surface area (Å²) in [7, 11) is 0. The van der Waals surface area contributed by atoms with Crippen molar-refractivity contribution < 1.29 is 19.4 Å². The number of carbonyl (C=O) groups is 1. The highest BCUT2D eigenvalue weighted by Gasteiger charge is 2.47. The van der Waals surface area contributed by atoms with Gasteiger partial charge in [0.2, 0.25) is 0 Å². The van der Waals surface area contributed by atoms with Crippen LogP contribution in [0.2, 0.25) is 0 Å². The monoisotopic (exact) mass is 270 g/mol. The number of rotatable bonds is 3. The molecule has 2 rings (SSSR count). The Bertz CT molecular complexity index is 461. The maximum Gasteiger partial charge on any atom is 0.349 e. The van der Waals surface area contributed by atoms with E-state index in [1.807, 2.05) is 27.7 Å². The number of carboxylic acids is 1. The highest BCUT2D eigenvalue weighted by molar-refractivity contribution is 7.12. The third-order valence-electron chi connectivity index (χ3n) is 3.08. The van der Waals surface area contributed by atoms with Crippen molar-refractivity contribution in [2.45, 2.75) is 51.4 Å². The first-order valence-electron chi connectivity index (χ1n) is 5.89. The molecule has 4 nitrogen and oxygen atoms in total. The maximum absolute atomic E-state index is 11.0. The van der Waals surface area contributed by atoms with Gasteiger partial charge in [-0.2, -0.15) is 0 Å². The first-order valence-corrected chi connectivity index (χ1v) is 6.77. The van der Waals surface area contributed by atoms with Crippen molar-refractivity contribution in [1.82, 2.24) is 0 Å². The minimum Gasteiger partial charge on any atom is -0.486 e. The van der Waals surface area contributed by atoms with E-state index in [1.165, 1.54) is 11.3 Å². The fraction of sp³-hybridized carbons (Fsp3) is 0.615. The molecule has 0 aromatic carbocycles.